The van der Waals surface area contributed by atoms with Crippen molar-refractivity contribution in [3.05, 3.63) is 5.01 Å². The minimum absolute atomic E-state index is 0.472. The van der Waals surface area contributed by atoms with Crippen LogP contribution in [0.5, 0.6) is 0 Å². The number of nitrogen functional groups attached to an aromatic ring is 1. The van der Waals surface area contributed by atoms with Gasteiger partial charge in [-0.25, -0.2) is 0 Å². The van der Waals surface area contributed by atoms with E-state index in [1.807, 2.05) is 11.8 Å². The molecule has 0 aliphatic carbocycles. The van der Waals surface area contributed by atoms with Gasteiger partial charge < -0.3 is 5.73 Å². The topological polar surface area (TPSA) is 51.8 Å². The summed E-state index contributed by atoms with van der Waals surface area (Å²) in [7, 11) is 0. The van der Waals surface area contributed by atoms with Crippen LogP contribution in [-0.2, 0) is 0 Å². The van der Waals surface area contributed by atoms with Crippen LogP contribution in [0.15, 0.2) is 0 Å². The molecule has 2 N–H and O–H groups in total. The second-order valence-corrected chi connectivity index (χ2v) is 4.29. The first-order chi connectivity index (χ1) is 5.24. The molecular weight excluding hydrogens is 178 g/mol. The zero-order valence-corrected chi connectivity index (χ0v) is 8.21. The molecule has 3 nitrogen and oxygen atoms in total. The second kappa shape index (κ2) is 3.92. The van der Waals surface area contributed by atoms with Crippen LogP contribution in [-0.4, -0.2) is 22.2 Å². The van der Waals surface area contributed by atoms with Crippen molar-refractivity contribution in [2.24, 2.45) is 0 Å². The maximum absolute atomic E-state index is 5.45. The fourth-order valence-electron chi connectivity index (χ4n) is 0.767. The van der Waals surface area contributed by atoms with Crippen LogP contribution in [0.3, 0.4) is 0 Å². The van der Waals surface area contributed by atoms with Crippen molar-refractivity contribution in [1.29, 1.82) is 0 Å². The average Bonchev–Trinajstić information content (AvgIpc) is 2.36. The van der Waals surface area contributed by atoms with Crippen molar-refractivity contribution in [2.75, 3.05) is 17.7 Å². The Bertz CT molecular complexity index is 223. The number of anilines is 1. The van der Waals surface area contributed by atoms with Crippen LogP contribution in [0.25, 0.3) is 0 Å². The predicted octanol–water partition coefficient (Wildman–Crippen LogP) is 1.59. The quantitative estimate of drug-likeness (QED) is 0.784. The van der Waals surface area contributed by atoms with E-state index in [2.05, 4.69) is 23.4 Å². The normalized spacial score (nSPS) is 13.3. The zero-order valence-electron chi connectivity index (χ0n) is 6.57. The molecular formula is C6H11N3S2. The third-order valence-electron chi connectivity index (χ3n) is 1.29. The lowest BCUT2D eigenvalue weighted by atomic mass is 10.2. The number of hydrogen-bond acceptors (Lipinski definition) is 5. The molecule has 0 aromatic carbocycles. The number of nitrogens with zero attached hydrogens (tertiary/aromatic N) is 2. The van der Waals surface area contributed by atoms with E-state index in [9.17, 15) is 0 Å². The van der Waals surface area contributed by atoms with Gasteiger partial charge in [0.05, 0.1) is 0 Å². The molecule has 1 heterocycles. The Kier molecular flexibility index (Phi) is 3.14. The second-order valence-electron chi connectivity index (χ2n) is 2.33. The summed E-state index contributed by atoms with van der Waals surface area (Å²) in [5, 5.41) is 9.32. The molecule has 0 aliphatic heterocycles. The van der Waals surface area contributed by atoms with Gasteiger partial charge in [0.25, 0.3) is 0 Å². The molecule has 0 aliphatic rings. The number of hydrogen-bond donors (Lipinski definition) is 1. The van der Waals surface area contributed by atoms with E-state index in [0.717, 1.165) is 10.8 Å². The van der Waals surface area contributed by atoms with Crippen LogP contribution in [0.1, 0.15) is 17.8 Å². The lowest BCUT2D eigenvalue weighted by Gasteiger charge is -2.02. The van der Waals surface area contributed by atoms with Gasteiger partial charge >= 0.3 is 0 Å². The van der Waals surface area contributed by atoms with Crippen molar-refractivity contribution in [3.8, 4) is 0 Å². The van der Waals surface area contributed by atoms with Crippen molar-refractivity contribution >= 4 is 28.2 Å². The first kappa shape index (κ1) is 8.80. The molecule has 0 spiro atoms. The van der Waals surface area contributed by atoms with Crippen LogP contribution in [0.4, 0.5) is 5.13 Å². The summed E-state index contributed by atoms with van der Waals surface area (Å²) in [6.07, 6.45) is 2.08. The lowest BCUT2D eigenvalue weighted by Crippen LogP contribution is -1.95. The molecule has 0 radical (unpaired) electrons. The summed E-state index contributed by atoms with van der Waals surface area (Å²) in [6, 6.07) is 0. The average molecular weight is 189 g/mol. The van der Waals surface area contributed by atoms with Crippen LogP contribution < -0.4 is 5.73 Å². The van der Waals surface area contributed by atoms with Gasteiger partial charge in [0.15, 0.2) is 0 Å². The van der Waals surface area contributed by atoms with E-state index >= 15 is 0 Å². The first-order valence-corrected chi connectivity index (χ1v) is 5.53. The number of aromatic nitrogens is 2. The van der Waals surface area contributed by atoms with Gasteiger partial charge in [-0.15, -0.1) is 10.2 Å². The molecule has 5 heteroatoms. The smallest absolute Gasteiger partial charge is 0.203 e. The van der Waals surface area contributed by atoms with E-state index in [1.165, 1.54) is 11.3 Å². The van der Waals surface area contributed by atoms with E-state index in [0.29, 0.717) is 11.0 Å². The largest absolute Gasteiger partial charge is 0.374 e. The van der Waals surface area contributed by atoms with E-state index in [-0.39, 0.29) is 0 Å². The van der Waals surface area contributed by atoms with Crippen LogP contribution in [0, 0.1) is 0 Å². The van der Waals surface area contributed by atoms with Gasteiger partial charge in [0.1, 0.15) is 5.01 Å². The Morgan fingerprint density at radius 2 is 2.36 bits per heavy atom. The minimum atomic E-state index is 0.472. The Morgan fingerprint density at radius 1 is 1.64 bits per heavy atom. The summed E-state index contributed by atoms with van der Waals surface area (Å²) in [4.78, 5) is 0. The molecule has 1 aromatic rings. The molecule has 1 atom stereocenters. The molecule has 0 amide bonds. The van der Waals surface area contributed by atoms with Gasteiger partial charge in [-0.3, -0.25) is 0 Å². The number of nitrogens with two attached hydrogens (primary N) is 1. The lowest BCUT2D eigenvalue weighted by molar-refractivity contribution is 0.837. The fraction of sp³-hybridized carbons (Fsp3) is 0.667. The number of thioether (sulfide) groups is 1. The van der Waals surface area contributed by atoms with Gasteiger partial charge in [-0.1, -0.05) is 18.3 Å². The summed E-state index contributed by atoms with van der Waals surface area (Å²) < 4.78 is 0. The van der Waals surface area contributed by atoms with Crippen molar-refractivity contribution in [2.45, 2.75) is 12.8 Å². The molecule has 11 heavy (non-hydrogen) atoms. The highest BCUT2D eigenvalue weighted by Crippen LogP contribution is 2.23. The van der Waals surface area contributed by atoms with E-state index in [1.54, 1.807) is 0 Å². The highest BCUT2D eigenvalue weighted by Gasteiger charge is 2.09. The zero-order chi connectivity index (χ0) is 8.27. The van der Waals surface area contributed by atoms with E-state index < -0.39 is 0 Å². The maximum atomic E-state index is 5.45. The van der Waals surface area contributed by atoms with Gasteiger partial charge in [-0.2, -0.15) is 11.8 Å². The molecule has 0 bridgehead atoms. The summed E-state index contributed by atoms with van der Waals surface area (Å²) in [5.74, 6) is 1.55. The van der Waals surface area contributed by atoms with Gasteiger partial charge in [-0.05, 0) is 6.26 Å². The maximum Gasteiger partial charge on any atom is 0.203 e. The standard InChI is InChI=1S/C6H11N3S2/c1-4(3-10-2)5-8-9-6(7)11-5/h4H,3H2,1-2H3,(H2,7,9). The fourth-order valence-corrected chi connectivity index (χ4v) is 2.19. The monoisotopic (exact) mass is 189 g/mol. The highest BCUT2D eigenvalue weighted by molar-refractivity contribution is 7.98. The Morgan fingerprint density at radius 3 is 2.82 bits per heavy atom. The molecule has 0 saturated heterocycles. The van der Waals surface area contributed by atoms with Crippen LogP contribution >= 0.6 is 23.1 Å². The summed E-state index contributed by atoms with van der Waals surface area (Å²) >= 11 is 3.29. The molecule has 0 saturated carbocycles. The third-order valence-corrected chi connectivity index (χ3v) is 3.11. The molecule has 1 aromatic heterocycles. The predicted molar refractivity (Wildman–Crippen MR) is 51.1 cm³/mol. The molecule has 0 fully saturated rings. The SMILES string of the molecule is CSCC(C)c1nnc(N)s1. The summed E-state index contributed by atoms with van der Waals surface area (Å²) in [6.45, 7) is 2.14. The van der Waals surface area contributed by atoms with E-state index in [4.69, 9.17) is 5.73 Å². The highest BCUT2D eigenvalue weighted by atomic mass is 32.2. The Hall–Kier alpha value is -0.290. The minimum Gasteiger partial charge on any atom is -0.374 e. The van der Waals surface area contributed by atoms with Crippen molar-refractivity contribution in [1.82, 2.24) is 10.2 Å². The Balaban J connectivity index is 2.60. The first-order valence-electron chi connectivity index (χ1n) is 3.32. The van der Waals surface area contributed by atoms with Crippen molar-refractivity contribution in [3.63, 3.8) is 0 Å². The number of rotatable bonds is 3. The van der Waals surface area contributed by atoms with Crippen molar-refractivity contribution < 1.29 is 0 Å². The van der Waals surface area contributed by atoms with Gasteiger partial charge in [0.2, 0.25) is 5.13 Å². The summed E-state index contributed by atoms with van der Waals surface area (Å²) in [5.41, 5.74) is 5.45. The Labute approximate surface area is 74.4 Å². The van der Waals surface area contributed by atoms with Gasteiger partial charge in [0, 0.05) is 11.7 Å². The molecule has 1 rings (SSSR count). The molecule has 62 valence electrons. The molecule has 1 unspecified atom stereocenters. The third kappa shape index (κ3) is 2.34. The van der Waals surface area contributed by atoms with Crippen LogP contribution in [0.2, 0.25) is 0 Å².